The predicted molar refractivity (Wildman–Crippen MR) is 93.2 cm³/mol. The highest BCUT2D eigenvalue weighted by Gasteiger charge is 2.06. The summed E-state index contributed by atoms with van der Waals surface area (Å²) in [7, 11) is 1.63. The average Bonchev–Trinajstić information content (AvgIpc) is 2.93. The van der Waals surface area contributed by atoms with E-state index in [1.807, 2.05) is 25.1 Å². The first-order chi connectivity index (χ1) is 11.2. The quantitative estimate of drug-likeness (QED) is 0.455. The Hall–Kier alpha value is -2.15. The standard InChI is InChI=1S/C16H22N4O2S/c1-4-6-9-22-13-8-7-12(10-14(13)21-3)11-17-20-15(5-2)18-19-16(20)23/h7-8,10-11H,4-6,9H2,1-3H3,(H,19,23)/b17-11+. The molecule has 0 unspecified atom stereocenters. The molecule has 1 aromatic heterocycles. The molecule has 0 saturated heterocycles. The van der Waals surface area contributed by atoms with E-state index < -0.39 is 0 Å². The smallest absolute Gasteiger partial charge is 0.216 e. The molecule has 23 heavy (non-hydrogen) atoms. The summed E-state index contributed by atoms with van der Waals surface area (Å²) in [6.07, 6.45) is 4.59. The van der Waals surface area contributed by atoms with Gasteiger partial charge >= 0.3 is 0 Å². The van der Waals surface area contributed by atoms with Gasteiger partial charge in [-0.25, -0.2) is 0 Å². The number of nitrogens with zero attached hydrogens (tertiary/aromatic N) is 3. The lowest BCUT2D eigenvalue weighted by atomic mass is 10.2. The van der Waals surface area contributed by atoms with Crippen LogP contribution in [0.1, 0.15) is 38.1 Å². The van der Waals surface area contributed by atoms with Crippen LogP contribution in [0.5, 0.6) is 11.5 Å². The predicted octanol–water partition coefficient (Wildman–Crippen LogP) is 3.57. The number of hydrogen-bond acceptors (Lipinski definition) is 5. The van der Waals surface area contributed by atoms with Crippen LogP contribution in [-0.4, -0.2) is 34.8 Å². The number of aromatic amines is 1. The second kappa shape index (κ2) is 8.47. The molecule has 0 aliphatic rings. The lowest BCUT2D eigenvalue weighted by Gasteiger charge is -2.10. The van der Waals surface area contributed by atoms with Crippen LogP contribution >= 0.6 is 12.2 Å². The van der Waals surface area contributed by atoms with Gasteiger partial charge in [-0.15, -0.1) is 0 Å². The normalized spacial score (nSPS) is 11.1. The molecule has 0 aliphatic carbocycles. The van der Waals surface area contributed by atoms with Gasteiger partial charge in [0, 0.05) is 6.42 Å². The number of unbranched alkanes of at least 4 members (excludes halogenated alkanes) is 1. The second-order valence-electron chi connectivity index (χ2n) is 4.97. The molecule has 0 aliphatic heterocycles. The third-order valence-corrected chi connectivity index (χ3v) is 3.56. The fraction of sp³-hybridized carbons (Fsp3) is 0.438. The first-order valence-electron chi connectivity index (χ1n) is 7.71. The molecule has 124 valence electrons. The number of benzene rings is 1. The van der Waals surface area contributed by atoms with Crippen molar-refractivity contribution in [3.05, 3.63) is 34.4 Å². The molecule has 6 nitrogen and oxygen atoms in total. The van der Waals surface area contributed by atoms with Gasteiger partial charge in [0.1, 0.15) is 0 Å². The van der Waals surface area contributed by atoms with Gasteiger partial charge in [-0.3, -0.25) is 5.10 Å². The summed E-state index contributed by atoms with van der Waals surface area (Å²) in [6, 6.07) is 5.72. The Balaban J connectivity index is 2.18. The monoisotopic (exact) mass is 334 g/mol. The largest absolute Gasteiger partial charge is 0.493 e. The molecule has 0 amide bonds. The van der Waals surface area contributed by atoms with Gasteiger partial charge in [0.2, 0.25) is 4.77 Å². The van der Waals surface area contributed by atoms with Crippen molar-refractivity contribution in [3.63, 3.8) is 0 Å². The number of H-pyrrole nitrogens is 1. The maximum atomic E-state index is 5.72. The van der Waals surface area contributed by atoms with E-state index in [0.717, 1.165) is 36.4 Å². The molecule has 2 rings (SSSR count). The van der Waals surface area contributed by atoms with Crippen LogP contribution in [0.2, 0.25) is 0 Å². The third-order valence-electron chi connectivity index (χ3n) is 3.30. The Kier molecular flexibility index (Phi) is 6.34. The molecule has 0 fully saturated rings. The Bertz CT molecular complexity index is 721. The first kappa shape index (κ1) is 17.2. The van der Waals surface area contributed by atoms with E-state index in [2.05, 4.69) is 22.2 Å². The summed E-state index contributed by atoms with van der Waals surface area (Å²) >= 11 is 5.17. The van der Waals surface area contributed by atoms with Crippen LogP contribution in [0.4, 0.5) is 0 Å². The van der Waals surface area contributed by atoms with Gasteiger partial charge in [0.05, 0.1) is 19.9 Å². The van der Waals surface area contributed by atoms with Crippen LogP contribution in [0.3, 0.4) is 0 Å². The molecular weight excluding hydrogens is 312 g/mol. The second-order valence-corrected chi connectivity index (χ2v) is 5.35. The fourth-order valence-corrected chi connectivity index (χ4v) is 2.20. The lowest BCUT2D eigenvalue weighted by Crippen LogP contribution is -2.00. The summed E-state index contributed by atoms with van der Waals surface area (Å²) in [6.45, 7) is 4.82. The van der Waals surface area contributed by atoms with Crippen LogP contribution in [-0.2, 0) is 6.42 Å². The maximum Gasteiger partial charge on any atom is 0.216 e. The van der Waals surface area contributed by atoms with Gasteiger partial charge < -0.3 is 9.47 Å². The van der Waals surface area contributed by atoms with Crippen molar-refractivity contribution in [1.29, 1.82) is 0 Å². The van der Waals surface area contributed by atoms with Crippen LogP contribution < -0.4 is 9.47 Å². The highest BCUT2D eigenvalue weighted by Crippen LogP contribution is 2.27. The van der Waals surface area contributed by atoms with E-state index in [1.165, 1.54) is 0 Å². The lowest BCUT2D eigenvalue weighted by molar-refractivity contribution is 0.288. The highest BCUT2D eigenvalue weighted by molar-refractivity contribution is 7.71. The number of methoxy groups -OCH3 is 1. The van der Waals surface area contributed by atoms with Gasteiger partial charge in [-0.05, 0) is 42.4 Å². The van der Waals surface area contributed by atoms with E-state index in [0.29, 0.717) is 17.1 Å². The molecule has 1 aromatic carbocycles. The Labute approximate surface area is 141 Å². The summed E-state index contributed by atoms with van der Waals surface area (Å²) < 4.78 is 13.2. The molecule has 2 aromatic rings. The van der Waals surface area contributed by atoms with Crippen molar-refractivity contribution in [3.8, 4) is 11.5 Å². The minimum absolute atomic E-state index is 0.476. The van der Waals surface area contributed by atoms with E-state index in [-0.39, 0.29) is 0 Å². The molecule has 1 N–H and O–H groups in total. The van der Waals surface area contributed by atoms with Gasteiger partial charge in [0.15, 0.2) is 17.3 Å². The third kappa shape index (κ3) is 4.41. The topological polar surface area (TPSA) is 64.4 Å². The summed E-state index contributed by atoms with van der Waals surface area (Å²) in [5.41, 5.74) is 0.898. The molecular formula is C16H22N4O2S. The number of aryl methyl sites for hydroxylation is 1. The van der Waals surface area contributed by atoms with Gasteiger partial charge in [0.25, 0.3) is 0 Å². The van der Waals surface area contributed by atoms with E-state index in [4.69, 9.17) is 21.7 Å². The zero-order valence-electron chi connectivity index (χ0n) is 13.7. The van der Waals surface area contributed by atoms with Crippen LogP contribution in [0.15, 0.2) is 23.3 Å². The first-order valence-corrected chi connectivity index (χ1v) is 8.11. The Morgan fingerprint density at radius 3 is 2.87 bits per heavy atom. The molecule has 0 atom stereocenters. The maximum absolute atomic E-state index is 5.72. The minimum Gasteiger partial charge on any atom is -0.493 e. The zero-order chi connectivity index (χ0) is 16.7. The number of aromatic nitrogens is 3. The van der Waals surface area contributed by atoms with Crippen molar-refractivity contribution in [2.45, 2.75) is 33.1 Å². The molecule has 0 bridgehead atoms. The number of nitrogens with one attached hydrogen (secondary N) is 1. The number of hydrogen-bond donors (Lipinski definition) is 1. The van der Waals surface area contributed by atoms with Crippen molar-refractivity contribution >= 4 is 18.4 Å². The molecule has 0 radical (unpaired) electrons. The number of rotatable bonds is 8. The average molecular weight is 334 g/mol. The van der Waals surface area contributed by atoms with E-state index in [1.54, 1.807) is 18.0 Å². The summed E-state index contributed by atoms with van der Waals surface area (Å²) in [5.74, 6) is 2.22. The summed E-state index contributed by atoms with van der Waals surface area (Å²) in [4.78, 5) is 0. The Morgan fingerprint density at radius 1 is 1.35 bits per heavy atom. The SMILES string of the molecule is CCCCOc1ccc(/C=N/n2c(CC)n[nH]c2=S)cc1OC. The van der Waals surface area contributed by atoms with Gasteiger partial charge in [-0.1, -0.05) is 20.3 Å². The van der Waals surface area contributed by atoms with E-state index >= 15 is 0 Å². The Morgan fingerprint density at radius 2 is 2.17 bits per heavy atom. The van der Waals surface area contributed by atoms with Crippen molar-refractivity contribution < 1.29 is 9.47 Å². The van der Waals surface area contributed by atoms with Crippen LogP contribution in [0, 0.1) is 4.77 Å². The molecule has 1 heterocycles. The zero-order valence-corrected chi connectivity index (χ0v) is 14.5. The van der Waals surface area contributed by atoms with Gasteiger partial charge in [-0.2, -0.15) is 14.9 Å². The molecule has 7 heteroatoms. The van der Waals surface area contributed by atoms with E-state index in [9.17, 15) is 0 Å². The highest BCUT2D eigenvalue weighted by atomic mass is 32.1. The molecule has 0 spiro atoms. The van der Waals surface area contributed by atoms with Crippen molar-refractivity contribution in [2.24, 2.45) is 5.10 Å². The fourth-order valence-electron chi connectivity index (χ4n) is 2.01. The van der Waals surface area contributed by atoms with Crippen LogP contribution in [0.25, 0.3) is 0 Å². The van der Waals surface area contributed by atoms with Crippen molar-refractivity contribution in [1.82, 2.24) is 14.9 Å². The molecule has 0 saturated carbocycles. The summed E-state index contributed by atoms with van der Waals surface area (Å²) in [5, 5.41) is 11.3. The number of ether oxygens (including phenoxy) is 2. The minimum atomic E-state index is 0.476. The van der Waals surface area contributed by atoms with Crippen molar-refractivity contribution in [2.75, 3.05) is 13.7 Å².